The van der Waals surface area contributed by atoms with Crippen LogP contribution in [-0.4, -0.2) is 46.3 Å². The maximum absolute atomic E-state index is 13.4. The molecule has 6 nitrogen and oxygen atoms in total. The molecule has 0 atom stereocenters. The van der Waals surface area contributed by atoms with Crippen molar-refractivity contribution in [3.05, 3.63) is 58.4 Å². The van der Waals surface area contributed by atoms with Crippen molar-refractivity contribution in [2.75, 3.05) is 26.0 Å². The molecule has 1 aromatic heterocycles. The third-order valence-corrected chi connectivity index (χ3v) is 6.23. The zero-order valence-electron chi connectivity index (χ0n) is 18.6. The number of hydrogen-bond acceptors (Lipinski definition) is 5. The predicted octanol–water partition coefficient (Wildman–Crippen LogP) is 4.44. The van der Waals surface area contributed by atoms with E-state index in [1.165, 1.54) is 11.8 Å². The molecule has 0 saturated carbocycles. The molecule has 164 valence electrons. The van der Waals surface area contributed by atoms with Crippen molar-refractivity contribution in [2.45, 2.75) is 38.8 Å². The SMILES string of the molecule is CCN(CC)C(=O)CCCSc1nc2ccccc2c(=O)n1-c1cc(C)ccc1OC. The Morgan fingerprint density at radius 3 is 2.61 bits per heavy atom. The number of rotatable bonds is 9. The van der Waals surface area contributed by atoms with Crippen LogP contribution in [0.25, 0.3) is 16.6 Å². The first-order valence-corrected chi connectivity index (χ1v) is 11.6. The van der Waals surface area contributed by atoms with Gasteiger partial charge in [0.2, 0.25) is 5.91 Å². The Morgan fingerprint density at radius 1 is 1.16 bits per heavy atom. The highest BCUT2D eigenvalue weighted by Crippen LogP contribution is 2.28. The van der Waals surface area contributed by atoms with E-state index in [4.69, 9.17) is 9.72 Å². The van der Waals surface area contributed by atoms with E-state index in [1.807, 2.05) is 62.1 Å². The van der Waals surface area contributed by atoms with Crippen molar-refractivity contribution in [1.29, 1.82) is 0 Å². The Kier molecular flexibility index (Phi) is 7.74. The summed E-state index contributed by atoms with van der Waals surface area (Å²) in [4.78, 5) is 32.3. The van der Waals surface area contributed by atoms with Crippen molar-refractivity contribution in [3.8, 4) is 11.4 Å². The number of thioether (sulfide) groups is 1. The number of para-hydroxylation sites is 1. The van der Waals surface area contributed by atoms with E-state index in [2.05, 4.69) is 0 Å². The smallest absolute Gasteiger partial charge is 0.266 e. The van der Waals surface area contributed by atoms with Gasteiger partial charge in [-0.2, -0.15) is 0 Å². The topological polar surface area (TPSA) is 64.4 Å². The van der Waals surface area contributed by atoms with Gasteiger partial charge in [-0.15, -0.1) is 0 Å². The van der Waals surface area contributed by atoms with Gasteiger partial charge >= 0.3 is 0 Å². The molecule has 0 unspecified atom stereocenters. The first kappa shape index (κ1) is 22.9. The van der Waals surface area contributed by atoms with Gasteiger partial charge in [0, 0.05) is 25.3 Å². The van der Waals surface area contributed by atoms with Crippen LogP contribution in [-0.2, 0) is 4.79 Å². The van der Waals surface area contributed by atoms with E-state index >= 15 is 0 Å². The Bertz CT molecular complexity index is 1120. The van der Waals surface area contributed by atoms with Crippen LogP contribution in [0.3, 0.4) is 0 Å². The van der Waals surface area contributed by atoms with E-state index in [9.17, 15) is 9.59 Å². The number of methoxy groups -OCH3 is 1. The van der Waals surface area contributed by atoms with Crippen molar-refractivity contribution >= 4 is 28.6 Å². The van der Waals surface area contributed by atoms with Gasteiger partial charge in [0.25, 0.3) is 5.56 Å². The molecule has 0 saturated heterocycles. The fourth-order valence-corrected chi connectivity index (χ4v) is 4.46. The number of benzene rings is 2. The Morgan fingerprint density at radius 2 is 1.90 bits per heavy atom. The molecule has 0 aliphatic carbocycles. The lowest BCUT2D eigenvalue weighted by Crippen LogP contribution is -2.30. The van der Waals surface area contributed by atoms with Gasteiger partial charge in [0.15, 0.2) is 5.16 Å². The molecule has 31 heavy (non-hydrogen) atoms. The minimum Gasteiger partial charge on any atom is -0.495 e. The summed E-state index contributed by atoms with van der Waals surface area (Å²) in [5.41, 5.74) is 2.23. The molecular weight excluding hydrogens is 410 g/mol. The average molecular weight is 440 g/mol. The number of hydrogen-bond donors (Lipinski definition) is 0. The summed E-state index contributed by atoms with van der Waals surface area (Å²) in [6.45, 7) is 7.41. The number of amides is 1. The lowest BCUT2D eigenvalue weighted by Gasteiger charge is -2.18. The van der Waals surface area contributed by atoms with Crippen LogP contribution in [0.4, 0.5) is 0 Å². The highest BCUT2D eigenvalue weighted by molar-refractivity contribution is 7.99. The van der Waals surface area contributed by atoms with Crippen LogP contribution in [0.1, 0.15) is 32.3 Å². The number of nitrogens with zero attached hydrogens (tertiary/aromatic N) is 3. The fraction of sp³-hybridized carbons (Fsp3) is 0.375. The van der Waals surface area contributed by atoms with Gasteiger partial charge in [-0.1, -0.05) is 30.0 Å². The van der Waals surface area contributed by atoms with Gasteiger partial charge in [0.05, 0.1) is 23.7 Å². The van der Waals surface area contributed by atoms with Gasteiger partial charge in [0.1, 0.15) is 5.75 Å². The van der Waals surface area contributed by atoms with Gasteiger partial charge < -0.3 is 9.64 Å². The molecule has 7 heteroatoms. The van der Waals surface area contributed by atoms with Gasteiger partial charge in [-0.3, -0.25) is 14.2 Å². The van der Waals surface area contributed by atoms with E-state index in [0.717, 1.165) is 18.7 Å². The summed E-state index contributed by atoms with van der Waals surface area (Å²) in [6, 6.07) is 13.1. The number of fused-ring (bicyclic) bond motifs is 1. The highest BCUT2D eigenvalue weighted by Gasteiger charge is 2.17. The molecule has 0 N–H and O–H groups in total. The number of aromatic nitrogens is 2. The summed E-state index contributed by atoms with van der Waals surface area (Å²) >= 11 is 1.49. The fourth-order valence-electron chi connectivity index (χ4n) is 3.52. The second-order valence-corrected chi connectivity index (χ2v) is 8.31. The molecule has 0 radical (unpaired) electrons. The minimum atomic E-state index is -0.129. The van der Waals surface area contributed by atoms with E-state index in [1.54, 1.807) is 17.7 Å². The number of carbonyl (C=O) groups is 1. The van der Waals surface area contributed by atoms with E-state index in [0.29, 0.717) is 46.1 Å². The van der Waals surface area contributed by atoms with Crippen molar-refractivity contribution in [3.63, 3.8) is 0 Å². The zero-order chi connectivity index (χ0) is 22.4. The number of carbonyl (C=O) groups excluding carboxylic acids is 1. The summed E-state index contributed by atoms with van der Waals surface area (Å²) in [5.74, 6) is 1.46. The lowest BCUT2D eigenvalue weighted by molar-refractivity contribution is -0.130. The number of aryl methyl sites for hydroxylation is 1. The van der Waals surface area contributed by atoms with Crippen LogP contribution in [0.5, 0.6) is 5.75 Å². The third kappa shape index (κ3) is 5.10. The predicted molar refractivity (Wildman–Crippen MR) is 127 cm³/mol. The average Bonchev–Trinajstić information content (AvgIpc) is 2.77. The van der Waals surface area contributed by atoms with Crippen LogP contribution < -0.4 is 10.3 Å². The van der Waals surface area contributed by atoms with Crippen molar-refractivity contribution in [1.82, 2.24) is 14.5 Å². The summed E-state index contributed by atoms with van der Waals surface area (Å²) in [6.07, 6.45) is 1.20. The molecular formula is C24H29N3O3S. The van der Waals surface area contributed by atoms with E-state index in [-0.39, 0.29) is 11.5 Å². The summed E-state index contributed by atoms with van der Waals surface area (Å²) in [7, 11) is 1.60. The second-order valence-electron chi connectivity index (χ2n) is 7.25. The monoisotopic (exact) mass is 439 g/mol. The summed E-state index contributed by atoms with van der Waals surface area (Å²) < 4.78 is 7.17. The molecule has 2 aromatic carbocycles. The Hall–Kier alpha value is -2.80. The maximum Gasteiger partial charge on any atom is 0.266 e. The quantitative estimate of drug-likeness (QED) is 0.280. The standard InChI is InChI=1S/C24H29N3O3S/c1-5-26(6-2)22(28)12-9-15-31-24-25-19-11-8-7-10-18(19)23(29)27(24)20-16-17(3)13-14-21(20)30-4/h7-8,10-11,13-14,16H,5-6,9,12,15H2,1-4H3. The highest BCUT2D eigenvalue weighted by atomic mass is 32.2. The molecule has 0 fully saturated rings. The zero-order valence-corrected chi connectivity index (χ0v) is 19.4. The molecule has 1 heterocycles. The normalized spacial score (nSPS) is 11.0. The Balaban J connectivity index is 1.95. The Labute approximate surface area is 187 Å². The number of ether oxygens (including phenoxy) is 1. The lowest BCUT2D eigenvalue weighted by atomic mass is 10.2. The molecule has 0 aliphatic heterocycles. The second kappa shape index (κ2) is 10.5. The van der Waals surface area contributed by atoms with Crippen LogP contribution >= 0.6 is 11.8 Å². The minimum absolute atomic E-state index is 0.129. The first-order chi connectivity index (χ1) is 15.0. The molecule has 0 bridgehead atoms. The van der Waals surface area contributed by atoms with Crippen molar-refractivity contribution in [2.24, 2.45) is 0 Å². The van der Waals surface area contributed by atoms with Gasteiger partial charge in [-0.25, -0.2) is 4.98 Å². The van der Waals surface area contributed by atoms with E-state index < -0.39 is 0 Å². The largest absolute Gasteiger partial charge is 0.495 e. The van der Waals surface area contributed by atoms with Crippen LogP contribution in [0.2, 0.25) is 0 Å². The molecule has 0 aliphatic rings. The molecule has 3 rings (SSSR count). The van der Waals surface area contributed by atoms with Gasteiger partial charge in [-0.05, 0) is 57.0 Å². The third-order valence-electron chi connectivity index (χ3n) is 5.20. The van der Waals surface area contributed by atoms with Crippen LogP contribution in [0.15, 0.2) is 52.4 Å². The summed E-state index contributed by atoms with van der Waals surface area (Å²) in [5, 5.41) is 1.16. The first-order valence-electron chi connectivity index (χ1n) is 10.6. The van der Waals surface area contributed by atoms with Crippen molar-refractivity contribution < 1.29 is 9.53 Å². The molecule has 0 spiro atoms. The maximum atomic E-state index is 13.4. The molecule has 1 amide bonds. The molecule has 3 aromatic rings. The van der Waals surface area contributed by atoms with Crippen LogP contribution in [0, 0.1) is 6.92 Å².